The highest BCUT2D eigenvalue weighted by atomic mass is 79.9. The average Bonchev–Trinajstić information content (AvgIpc) is 2.84. The first-order chi connectivity index (χ1) is 8.75. The lowest BCUT2D eigenvalue weighted by Gasteiger charge is -2.07. The quantitative estimate of drug-likeness (QED) is 0.823. The van der Waals surface area contributed by atoms with Gasteiger partial charge in [0.15, 0.2) is 0 Å². The van der Waals surface area contributed by atoms with Gasteiger partial charge in [-0.25, -0.2) is 0 Å². The van der Waals surface area contributed by atoms with Crippen LogP contribution in [0.1, 0.15) is 12.0 Å². The van der Waals surface area contributed by atoms with Gasteiger partial charge in [-0.1, -0.05) is 33.6 Å². The van der Waals surface area contributed by atoms with Crippen molar-refractivity contribution in [3.8, 4) is 0 Å². The SMILES string of the molecule is Clc1ccc(CNCCCn2cccn2)c(Br)c1. The smallest absolute Gasteiger partial charge is 0.0489 e. The van der Waals surface area contributed by atoms with Crippen LogP contribution in [-0.2, 0) is 13.1 Å². The highest BCUT2D eigenvalue weighted by Gasteiger charge is 2.00. The molecule has 2 aromatic rings. The summed E-state index contributed by atoms with van der Waals surface area (Å²) in [4.78, 5) is 0. The van der Waals surface area contributed by atoms with Crippen molar-refractivity contribution < 1.29 is 0 Å². The normalized spacial score (nSPS) is 10.8. The molecule has 18 heavy (non-hydrogen) atoms. The summed E-state index contributed by atoms with van der Waals surface area (Å²) in [6.07, 6.45) is 4.85. The molecule has 0 amide bonds. The molecule has 0 atom stereocenters. The summed E-state index contributed by atoms with van der Waals surface area (Å²) in [5, 5.41) is 8.33. The highest BCUT2D eigenvalue weighted by molar-refractivity contribution is 9.10. The van der Waals surface area contributed by atoms with Crippen LogP contribution in [0.2, 0.25) is 5.02 Å². The van der Waals surface area contributed by atoms with Crippen LogP contribution < -0.4 is 5.32 Å². The van der Waals surface area contributed by atoms with E-state index >= 15 is 0 Å². The Morgan fingerprint density at radius 3 is 3.00 bits per heavy atom. The Hall–Kier alpha value is -0.840. The van der Waals surface area contributed by atoms with E-state index in [1.807, 2.05) is 35.1 Å². The number of halogens is 2. The molecule has 0 aliphatic carbocycles. The molecule has 1 aromatic heterocycles. The predicted octanol–water partition coefficient (Wildman–Crippen LogP) is 3.48. The molecule has 1 aromatic carbocycles. The van der Waals surface area contributed by atoms with Crippen molar-refractivity contribution in [1.82, 2.24) is 15.1 Å². The third-order valence-corrected chi connectivity index (χ3v) is 3.60. The van der Waals surface area contributed by atoms with Crippen molar-refractivity contribution in [2.24, 2.45) is 0 Å². The highest BCUT2D eigenvalue weighted by Crippen LogP contribution is 2.21. The summed E-state index contributed by atoms with van der Waals surface area (Å²) in [5.74, 6) is 0. The van der Waals surface area contributed by atoms with Crippen LogP contribution in [0.25, 0.3) is 0 Å². The van der Waals surface area contributed by atoms with Crippen molar-refractivity contribution in [2.75, 3.05) is 6.54 Å². The van der Waals surface area contributed by atoms with Crippen molar-refractivity contribution in [1.29, 1.82) is 0 Å². The maximum atomic E-state index is 5.90. The lowest BCUT2D eigenvalue weighted by atomic mass is 10.2. The zero-order chi connectivity index (χ0) is 12.8. The van der Waals surface area contributed by atoms with E-state index in [9.17, 15) is 0 Å². The first-order valence-corrected chi connectivity index (χ1v) is 7.05. The molecule has 0 radical (unpaired) electrons. The summed E-state index contributed by atoms with van der Waals surface area (Å²) in [6.45, 7) is 2.76. The van der Waals surface area contributed by atoms with Gasteiger partial charge in [0.2, 0.25) is 0 Å². The first kappa shape index (κ1) is 13.6. The molecule has 3 nitrogen and oxygen atoms in total. The molecule has 96 valence electrons. The molecule has 1 N–H and O–H groups in total. The molecule has 0 aliphatic heterocycles. The predicted molar refractivity (Wildman–Crippen MR) is 77.7 cm³/mol. The molecule has 0 aliphatic rings. The Morgan fingerprint density at radius 2 is 2.28 bits per heavy atom. The van der Waals surface area contributed by atoms with Gasteiger partial charge < -0.3 is 5.32 Å². The van der Waals surface area contributed by atoms with Crippen molar-refractivity contribution in [2.45, 2.75) is 19.5 Å². The summed E-state index contributed by atoms with van der Waals surface area (Å²) in [7, 11) is 0. The molecular weight excluding hydrogens is 314 g/mol. The van der Waals surface area contributed by atoms with Crippen LogP contribution in [0, 0.1) is 0 Å². The van der Waals surface area contributed by atoms with Gasteiger partial charge in [-0.15, -0.1) is 0 Å². The molecule has 0 spiro atoms. The lowest BCUT2D eigenvalue weighted by molar-refractivity contribution is 0.543. The fraction of sp³-hybridized carbons (Fsp3) is 0.308. The number of nitrogens with one attached hydrogen (secondary N) is 1. The van der Waals surface area contributed by atoms with Gasteiger partial charge in [0.05, 0.1) is 0 Å². The number of hydrogen-bond acceptors (Lipinski definition) is 2. The van der Waals surface area contributed by atoms with Gasteiger partial charge in [-0.2, -0.15) is 5.10 Å². The average molecular weight is 329 g/mol. The molecular formula is C13H15BrClN3. The number of rotatable bonds is 6. The van der Waals surface area contributed by atoms with Crippen molar-refractivity contribution >= 4 is 27.5 Å². The van der Waals surface area contributed by atoms with Crippen LogP contribution in [0.4, 0.5) is 0 Å². The monoisotopic (exact) mass is 327 g/mol. The second-order valence-corrected chi connectivity index (χ2v) is 5.33. The zero-order valence-electron chi connectivity index (χ0n) is 9.94. The van der Waals surface area contributed by atoms with Crippen LogP contribution in [0.15, 0.2) is 41.1 Å². The molecule has 0 bridgehead atoms. The van der Waals surface area contributed by atoms with Crippen molar-refractivity contribution in [3.63, 3.8) is 0 Å². The Balaban J connectivity index is 1.69. The van der Waals surface area contributed by atoms with Crippen LogP contribution in [-0.4, -0.2) is 16.3 Å². The van der Waals surface area contributed by atoms with Gasteiger partial charge in [0.25, 0.3) is 0 Å². The molecule has 0 unspecified atom stereocenters. The van der Waals surface area contributed by atoms with Crippen LogP contribution in [0.5, 0.6) is 0 Å². The van der Waals surface area contributed by atoms with Crippen molar-refractivity contribution in [3.05, 3.63) is 51.7 Å². The standard InChI is InChI=1S/C13H15BrClN3/c14-13-9-12(15)4-3-11(13)10-16-5-1-7-18-8-2-6-17-18/h2-4,6,8-9,16H,1,5,7,10H2. The van der Waals surface area contributed by atoms with Gasteiger partial charge in [-0.05, 0) is 36.7 Å². The lowest BCUT2D eigenvalue weighted by Crippen LogP contribution is -2.16. The summed E-state index contributed by atoms with van der Waals surface area (Å²) in [6, 6.07) is 7.81. The fourth-order valence-electron chi connectivity index (χ4n) is 1.69. The second kappa shape index (κ2) is 6.92. The van der Waals surface area contributed by atoms with E-state index in [1.165, 1.54) is 5.56 Å². The third kappa shape index (κ3) is 4.12. The van der Waals surface area contributed by atoms with E-state index in [0.29, 0.717) is 0 Å². The van der Waals surface area contributed by atoms with E-state index in [0.717, 1.165) is 35.6 Å². The van der Waals surface area contributed by atoms with E-state index in [-0.39, 0.29) is 0 Å². The summed E-state index contributed by atoms with van der Waals surface area (Å²) < 4.78 is 2.99. The Labute approximate surface area is 120 Å². The molecule has 1 heterocycles. The minimum Gasteiger partial charge on any atom is -0.313 e. The number of nitrogens with zero attached hydrogens (tertiary/aromatic N) is 2. The minimum atomic E-state index is 0.754. The summed E-state index contributed by atoms with van der Waals surface area (Å²) >= 11 is 9.41. The Bertz CT molecular complexity index is 485. The number of aryl methyl sites for hydroxylation is 1. The molecule has 0 saturated heterocycles. The van der Waals surface area contributed by atoms with Crippen LogP contribution >= 0.6 is 27.5 Å². The number of aromatic nitrogens is 2. The minimum absolute atomic E-state index is 0.754. The molecule has 0 fully saturated rings. The van der Waals surface area contributed by atoms with Gasteiger partial charge in [0.1, 0.15) is 0 Å². The van der Waals surface area contributed by atoms with Gasteiger partial charge in [-0.3, -0.25) is 4.68 Å². The summed E-state index contributed by atoms with van der Waals surface area (Å²) in [5.41, 5.74) is 1.22. The first-order valence-electron chi connectivity index (χ1n) is 5.88. The van der Waals surface area contributed by atoms with E-state index in [2.05, 4.69) is 26.3 Å². The van der Waals surface area contributed by atoms with E-state index < -0.39 is 0 Å². The number of benzene rings is 1. The molecule has 2 rings (SSSR count). The zero-order valence-corrected chi connectivity index (χ0v) is 12.3. The second-order valence-electron chi connectivity index (χ2n) is 4.04. The number of hydrogen-bond donors (Lipinski definition) is 1. The maximum absolute atomic E-state index is 5.90. The van der Waals surface area contributed by atoms with Crippen LogP contribution in [0.3, 0.4) is 0 Å². The maximum Gasteiger partial charge on any atom is 0.0489 e. The third-order valence-electron chi connectivity index (χ3n) is 2.63. The van der Waals surface area contributed by atoms with E-state index in [4.69, 9.17) is 11.6 Å². The fourth-order valence-corrected chi connectivity index (χ4v) is 2.51. The molecule has 0 saturated carbocycles. The van der Waals surface area contributed by atoms with Gasteiger partial charge in [0, 0.05) is 35.0 Å². The topological polar surface area (TPSA) is 29.9 Å². The Kier molecular flexibility index (Phi) is 5.23. The molecule has 5 heteroatoms. The Morgan fingerprint density at radius 1 is 1.39 bits per heavy atom. The van der Waals surface area contributed by atoms with Gasteiger partial charge >= 0.3 is 0 Å². The van der Waals surface area contributed by atoms with E-state index in [1.54, 1.807) is 6.20 Å². The largest absolute Gasteiger partial charge is 0.313 e.